The van der Waals surface area contributed by atoms with Crippen LogP contribution in [0.3, 0.4) is 0 Å². The SMILES string of the molecule is C[C@@H](C(=O)O)N(CCSC12CC3CC(CC(C3)C1)C2)N=O. The van der Waals surface area contributed by atoms with Crippen molar-refractivity contribution in [3.63, 3.8) is 0 Å². The standard InChI is InChI=1S/C15H24N2O3S/c1-10(14(18)19)17(16-20)2-3-21-15-7-11-4-12(8-15)6-13(5-11)9-15/h10-13H,2-9H2,1H3,(H,18,19)/t10-,11?,12?,13?,15?/m0/s1. The second-order valence-corrected chi connectivity index (χ2v) is 8.77. The molecule has 6 heteroatoms. The molecule has 0 aromatic rings. The van der Waals surface area contributed by atoms with Gasteiger partial charge in [0.25, 0.3) is 0 Å². The molecule has 0 saturated heterocycles. The molecule has 4 aliphatic carbocycles. The summed E-state index contributed by atoms with van der Waals surface area (Å²) < 4.78 is 0.412. The molecule has 0 aromatic heterocycles. The first-order valence-electron chi connectivity index (χ1n) is 7.98. The summed E-state index contributed by atoms with van der Waals surface area (Å²) in [4.78, 5) is 21.7. The highest BCUT2D eigenvalue weighted by molar-refractivity contribution is 8.00. The lowest BCUT2D eigenvalue weighted by molar-refractivity contribution is -0.142. The average Bonchev–Trinajstić information content (AvgIpc) is 2.41. The van der Waals surface area contributed by atoms with Crippen LogP contribution in [0, 0.1) is 22.7 Å². The van der Waals surface area contributed by atoms with E-state index in [9.17, 15) is 9.70 Å². The Morgan fingerprint density at radius 1 is 1.29 bits per heavy atom. The highest BCUT2D eigenvalue weighted by Gasteiger charge is 2.50. The van der Waals surface area contributed by atoms with Gasteiger partial charge in [0.15, 0.2) is 0 Å². The van der Waals surface area contributed by atoms with Gasteiger partial charge >= 0.3 is 5.97 Å². The van der Waals surface area contributed by atoms with Crippen molar-refractivity contribution in [1.29, 1.82) is 0 Å². The number of carboxylic acid groups (broad SMARTS) is 1. The Bertz CT molecular complexity index is 394. The van der Waals surface area contributed by atoms with Gasteiger partial charge in [-0.05, 0) is 63.2 Å². The van der Waals surface area contributed by atoms with E-state index in [2.05, 4.69) is 5.29 Å². The van der Waals surface area contributed by atoms with Crippen molar-refractivity contribution < 1.29 is 9.90 Å². The molecule has 4 rings (SSSR count). The fourth-order valence-corrected chi connectivity index (χ4v) is 6.77. The molecule has 0 aliphatic heterocycles. The van der Waals surface area contributed by atoms with Crippen LogP contribution in [0.25, 0.3) is 0 Å². The van der Waals surface area contributed by atoms with Crippen LogP contribution >= 0.6 is 11.8 Å². The molecule has 0 amide bonds. The summed E-state index contributed by atoms with van der Waals surface area (Å²) in [5.41, 5.74) is 0. The van der Waals surface area contributed by atoms with E-state index in [0.29, 0.717) is 11.3 Å². The maximum Gasteiger partial charge on any atom is 0.327 e. The molecule has 4 saturated carbocycles. The summed E-state index contributed by atoms with van der Waals surface area (Å²) in [6.07, 6.45) is 8.26. The molecule has 4 fully saturated rings. The predicted molar refractivity (Wildman–Crippen MR) is 83.0 cm³/mol. The van der Waals surface area contributed by atoms with Gasteiger partial charge in [-0.15, -0.1) is 4.91 Å². The number of carbonyl (C=O) groups is 1. The van der Waals surface area contributed by atoms with Crippen LogP contribution < -0.4 is 0 Å². The first-order valence-corrected chi connectivity index (χ1v) is 8.96. The molecule has 21 heavy (non-hydrogen) atoms. The van der Waals surface area contributed by atoms with Crippen molar-refractivity contribution in [2.45, 2.75) is 56.2 Å². The van der Waals surface area contributed by atoms with Gasteiger partial charge < -0.3 is 5.11 Å². The molecular formula is C15H24N2O3S. The average molecular weight is 312 g/mol. The highest BCUT2D eigenvalue weighted by Crippen LogP contribution is 2.60. The van der Waals surface area contributed by atoms with Crippen LogP contribution in [-0.2, 0) is 4.79 Å². The van der Waals surface area contributed by atoms with Gasteiger partial charge in [-0.3, -0.25) is 0 Å². The quantitative estimate of drug-likeness (QED) is 0.577. The molecule has 0 aromatic carbocycles. The maximum atomic E-state index is 10.9. The largest absolute Gasteiger partial charge is 0.480 e. The normalized spacial score (nSPS) is 38.2. The Morgan fingerprint density at radius 3 is 2.24 bits per heavy atom. The summed E-state index contributed by atoms with van der Waals surface area (Å²) >= 11 is 1.97. The van der Waals surface area contributed by atoms with Crippen molar-refractivity contribution >= 4 is 17.7 Å². The Hall–Kier alpha value is -0.780. The van der Waals surface area contributed by atoms with Crippen molar-refractivity contribution in [1.82, 2.24) is 5.01 Å². The minimum Gasteiger partial charge on any atom is -0.480 e. The van der Waals surface area contributed by atoms with Gasteiger partial charge in [-0.2, -0.15) is 11.8 Å². The molecule has 4 bridgehead atoms. The Balaban J connectivity index is 1.53. The summed E-state index contributed by atoms with van der Waals surface area (Å²) in [5.74, 6) is 2.57. The Labute approximate surface area is 129 Å². The van der Waals surface area contributed by atoms with E-state index < -0.39 is 12.0 Å². The van der Waals surface area contributed by atoms with E-state index in [4.69, 9.17) is 5.11 Å². The highest BCUT2D eigenvalue weighted by atomic mass is 32.2. The van der Waals surface area contributed by atoms with Crippen LogP contribution in [0.2, 0.25) is 0 Å². The van der Waals surface area contributed by atoms with E-state index in [1.54, 1.807) is 0 Å². The van der Waals surface area contributed by atoms with Crippen molar-refractivity contribution in [2.75, 3.05) is 12.3 Å². The summed E-state index contributed by atoms with van der Waals surface area (Å²) in [7, 11) is 0. The monoisotopic (exact) mass is 312 g/mol. The van der Waals surface area contributed by atoms with E-state index in [1.165, 1.54) is 45.4 Å². The van der Waals surface area contributed by atoms with Crippen LogP contribution in [0.1, 0.15) is 45.4 Å². The van der Waals surface area contributed by atoms with Gasteiger partial charge in [0.05, 0.1) is 5.29 Å². The van der Waals surface area contributed by atoms with Gasteiger partial charge in [-0.25, -0.2) is 9.80 Å². The molecule has 4 aliphatic rings. The molecule has 0 spiro atoms. The van der Waals surface area contributed by atoms with E-state index in [1.807, 2.05) is 11.8 Å². The smallest absolute Gasteiger partial charge is 0.327 e. The number of rotatable bonds is 7. The van der Waals surface area contributed by atoms with Gasteiger partial charge in [-0.1, -0.05) is 0 Å². The molecule has 1 atom stereocenters. The number of nitrogens with zero attached hydrogens (tertiary/aromatic N) is 2. The van der Waals surface area contributed by atoms with E-state index in [-0.39, 0.29) is 0 Å². The Kier molecular flexibility index (Phi) is 4.17. The lowest BCUT2D eigenvalue weighted by atomic mass is 9.56. The van der Waals surface area contributed by atoms with Gasteiger partial charge in [0, 0.05) is 17.0 Å². The summed E-state index contributed by atoms with van der Waals surface area (Å²) in [6.45, 7) is 1.95. The van der Waals surface area contributed by atoms with E-state index >= 15 is 0 Å². The summed E-state index contributed by atoms with van der Waals surface area (Å²) in [6, 6.07) is -0.834. The second kappa shape index (κ2) is 5.78. The third kappa shape index (κ3) is 3.05. The minimum atomic E-state index is -0.991. The molecular weight excluding hydrogens is 288 g/mol. The number of aliphatic carboxylic acids is 1. The second-order valence-electron chi connectivity index (χ2n) is 7.21. The molecule has 0 unspecified atom stereocenters. The number of hydrogen-bond donors (Lipinski definition) is 1. The molecule has 1 N–H and O–H groups in total. The fraction of sp³-hybridized carbons (Fsp3) is 0.933. The first kappa shape index (κ1) is 15.1. The summed E-state index contributed by atoms with van der Waals surface area (Å²) in [5, 5.41) is 13.0. The van der Waals surface area contributed by atoms with Gasteiger partial charge in [0.2, 0.25) is 0 Å². The molecule has 5 nitrogen and oxygen atoms in total. The zero-order valence-corrected chi connectivity index (χ0v) is 13.3. The zero-order chi connectivity index (χ0) is 15.0. The van der Waals surface area contributed by atoms with Crippen molar-refractivity contribution in [2.24, 2.45) is 23.0 Å². The number of hydrogen-bond acceptors (Lipinski definition) is 4. The zero-order valence-electron chi connectivity index (χ0n) is 12.5. The predicted octanol–water partition coefficient (Wildman–Crippen LogP) is 3.14. The number of thioether (sulfide) groups is 1. The molecule has 118 valence electrons. The number of nitroso groups, excluding NO2 is 1. The van der Waals surface area contributed by atoms with Crippen LogP contribution in [0.5, 0.6) is 0 Å². The Morgan fingerprint density at radius 2 is 1.81 bits per heavy atom. The van der Waals surface area contributed by atoms with Crippen molar-refractivity contribution in [3.05, 3.63) is 4.91 Å². The third-order valence-corrected chi connectivity index (χ3v) is 7.12. The van der Waals surface area contributed by atoms with Crippen LogP contribution in [-0.4, -0.2) is 39.2 Å². The lowest BCUT2D eigenvalue weighted by Gasteiger charge is -2.56. The lowest BCUT2D eigenvalue weighted by Crippen LogP contribution is -2.49. The van der Waals surface area contributed by atoms with Gasteiger partial charge in [0.1, 0.15) is 6.04 Å². The topological polar surface area (TPSA) is 70.0 Å². The fourth-order valence-electron chi connectivity index (χ4n) is 5.00. The van der Waals surface area contributed by atoms with Crippen LogP contribution in [0.4, 0.5) is 0 Å². The molecule has 0 heterocycles. The molecule has 0 radical (unpaired) electrons. The van der Waals surface area contributed by atoms with E-state index in [0.717, 1.165) is 28.5 Å². The third-order valence-electron chi connectivity index (χ3n) is 5.62. The minimum absolute atomic E-state index is 0.412. The maximum absolute atomic E-state index is 10.9. The number of carboxylic acids is 1. The first-order chi connectivity index (χ1) is 10.0. The van der Waals surface area contributed by atoms with Crippen LogP contribution in [0.15, 0.2) is 5.29 Å². The van der Waals surface area contributed by atoms with Crippen molar-refractivity contribution in [3.8, 4) is 0 Å².